The van der Waals surface area contributed by atoms with Gasteiger partial charge >= 0.3 is 5.97 Å². The van der Waals surface area contributed by atoms with E-state index in [4.69, 9.17) is 9.57 Å². The zero-order valence-corrected chi connectivity index (χ0v) is 27.0. The minimum atomic E-state index is -1.29. The molecule has 0 spiro atoms. The molecule has 6 rings (SSSR count). The molecule has 0 radical (unpaired) electrons. The SMILES string of the molecule is CON=C(C(=O)NC1C(=O)N2CC(C(=O)OC(c3ccccc3)c3ccccc3)(c3nnc(N(C)C)s3)CS[C@H]12)c1ccccc1. The van der Waals surface area contributed by atoms with E-state index in [1.165, 1.54) is 30.2 Å². The summed E-state index contributed by atoms with van der Waals surface area (Å²) in [6.07, 6.45) is -0.675. The van der Waals surface area contributed by atoms with Gasteiger partial charge in [0.05, 0.1) is 0 Å². The molecule has 2 aliphatic rings. The van der Waals surface area contributed by atoms with Crippen molar-refractivity contribution in [3.8, 4) is 0 Å². The Morgan fingerprint density at radius 3 is 2.15 bits per heavy atom. The minimum absolute atomic E-state index is 0.0325. The molecule has 0 saturated carbocycles. The van der Waals surface area contributed by atoms with Crippen LogP contribution in [-0.4, -0.2) is 83.5 Å². The smallest absolute Gasteiger partial charge is 0.322 e. The molecular formula is C33H32N6O5S2. The third kappa shape index (κ3) is 5.95. The molecule has 3 aromatic carbocycles. The molecule has 13 heteroatoms. The Morgan fingerprint density at radius 2 is 1.59 bits per heavy atom. The van der Waals surface area contributed by atoms with E-state index in [-0.39, 0.29) is 23.9 Å². The average Bonchev–Trinajstić information content (AvgIpc) is 3.61. The van der Waals surface area contributed by atoms with E-state index in [1.54, 1.807) is 29.2 Å². The number of hydrogen-bond donors (Lipinski definition) is 1. The number of rotatable bonds is 10. The number of benzene rings is 3. The number of ether oxygens (including phenoxy) is 1. The average molecular weight is 657 g/mol. The third-order valence-corrected chi connectivity index (χ3v) is 10.7. The Labute approximate surface area is 274 Å². The van der Waals surface area contributed by atoms with E-state index in [9.17, 15) is 14.4 Å². The summed E-state index contributed by atoms with van der Waals surface area (Å²) in [7, 11) is 5.06. The minimum Gasteiger partial charge on any atom is -0.452 e. The van der Waals surface area contributed by atoms with Crippen LogP contribution in [0.25, 0.3) is 0 Å². The predicted molar refractivity (Wildman–Crippen MR) is 177 cm³/mol. The third-order valence-electron chi connectivity index (χ3n) is 7.84. The first-order valence-electron chi connectivity index (χ1n) is 14.5. The Hall–Kier alpha value is -4.75. The predicted octanol–water partition coefficient (Wildman–Crippen LogP) is 3.63. The van der Waals surface area contributed by atoms with E-state index in [0.29, 0.717) is 15.7 Å². The molecule has 3 heterocycles. The maximum absolute atomic E-state index is 14.5. The van der Waals surface area contributed by atoms with Crippen molar-refractivity contribution >= 4 is 51.7 Å². The summed E-state index contributed by atoms with van der Waals surface area (Å²) in [5, 5.41) is 16.2. The van der Waals surface area contributed by atoms with Crippen molar-refractivity contribution in [2.75, 3.05) is 38.4 Å². The number of β-lactam (4-membered cyclic amide) rings is 1. The van der Waals surface area contributed by atoms with Gasteiger partial charge in [-0.25, -0.2) is 0 Å². The first-order chi connectivity index (χ1) is 22.3. The van der Waals surface area contributed by atoms with Gasteiger partial charge < -0.3 is 24.7 Å². The Balaban J connectivity index is 1.27. The first kappa shape index (κ1) is 31.2. The number of thioether (sulfide) groups is 1. The maximum atomic E-state index is 14.5. The van der Waals surface area contributed by atoms with Crippen molar-refractivity contribution in [3.63, 3.8) is 0 Å². The zero-order chi connectivity index (χ0) is 32.3. The molecule has 1 N–H and O–H groups in total. The number of carbonyl (C=O) groups excluding carboxylic acids is 3. The van der Waals surface area contributed by atoms with Crippen LogP contribution in [0.5, 0.6) is 0 Å². The lowest BCUT2D eigenvalue weighted by molar-refractivity contribution is -0.160. The lowest BCUT2D eigenvalue weighted by Gasteiger charge is -2.53. The van der Waals surface area contributed by atoms with E-state index in [0.717, 1.165) is 11.1 Å². The van der Waals surface area contributed by atoms with Gasteiger partial charge in [0.2, 0.25) is 11.0 Å². The Bertz CT molecular complexity index is 1700. The summed E-state index contributed by atoms with van der Waals surface area (Å²) in [6.45, 7) is 0.0325. The molecule has 2 saturated heterocycles. The van der Waals surface area contributed by atoms with Crippen molar-refractivity contribution < 1.29 is 24.0 Å². The highest BCUT2D eigenvalue weighted by atomic mass is 32.2. The van der Waals surface area contributed by atoms with Crippen LogP contribution in [0.1, 0.15) is 27.8 Å². The van der Waals surface area contributed by atoms with Crippen LogP contribution >= 0.6 is 23.1 Å². The van der Waals surface area contributed by atoms with Gasteiger partial charge in [-0.3, -0.25) is 14.4 Å². The Morgan fingerprint density at radius 1 is 0.978 bits per heavy atom. The summed E-state index contributed by atoms with van der Waals surface area (Å²) >= 11 is 2.69. The van der Waals surface area contributed by atoms with Gasteiger partial charge in [-0.05, 0) is 11.1 Å². The number of anilines is 1. The number of fused-ring (bicyclic) bond motifs is 1. The molecule has 2 amide bonds. The highest BCUT2D eigenvalue weighted by Gasteiger charge is 2.60. The molecular weight excluding hydrogens is 625 g/mol. The van der Waals surface area contributed by atoms with Crippen LogP contribution < -0.4 is 10.2 Å². The summed E-state index contributed by atoms with van der Waals surface area (Å²) in [4.78, 5) is 49.7. The zero-order valence-electron chi connectivity index (χ0n) is 25.4. The second kappa shape index (κ2) is 13.3. The number of nitrogens with one attached hydrogen (secondary N) is 1. The number of esters is 1. The molecule has 1 aromatic heterocycles. The maximum Gasteiger partial charge on any atom is 0.322 e. The van der Waals surface area contributed by atoms with Gasteiger partial charge in [-0.2, -0.15) is 0 Å². The van der Waals surface area contributed by atoms with Crippen LogP contribution in [0.2, 0.25) is 0 Å². The van der Waals surface area contributed by atoms with E-state index in [2.05, 4.69) is 20.7 Å². The monoisotopic (exact) mass is 656 g/mol. The molecule has 0 aliphatic carbocycles. The molecule has 0 bridgehead atoms. The van der Waals surface area contributed by atoms with E-state index < -0.39 is 34.8 Å². The summed E-state index contributed by atoms with van der Waals surface area (Å²) in [5.41, 5.74) is 0.972. The van der Waals surface area contributed by atoms with E-state index >= 15 is 0 Å². The molecule has 46 heavy (non-hydrogen) atoms. The lowest BCUT2D eigenvalue weighted by Crippen LogP contribution is -2.74. The van der Waals surface area contributed by atoms with Crippen LogP contribution in [0.15, 0.2) is 96.2 Å². The quantitative estimate of drug-likeness (QED) is 0.118. The van der Waals surface area contributed by atoms with Gasteiger partial charge in [0, 0.05) is 32.0 Å². The van der Waals surface area contributed by atoms with Gasteiger partial charge in [-0.15, -0.1) is 22.0 Å². The highest BCUT2D eigenvalue weighted by molar-refractivity contribution is 8.00. The highest BCUT2D eigenvalue weighted by Crippen LogP contribution is 2.46. The van der Waals surface area contributed by atoms with Crippen molar-refractivity contribution in [1.29, 1.82) is 0 Å². The van der Waals surface area contributed by atoms with Gasteiger partial charge in [-0.1, -0.05) is 107 Å². The van der Waals surface area contributed by atoms with Crippen LogP contribution in [0, 0.1) is 0 Å². The number of aromatic nitrogens is 2. The summed E-state index contributed by atoms with van der Waals surface area (Å²) < 4.78 is 6.37. The van der Waals surface area contributed by atoms with Crippen molar-refractivity contribution in [1.82, 2.24) is 20.4 Å². The van der Waals surface area contributed by atoms with Gasteiger partial charge in [0.15, 0.2) is 11.8 Å². The van der Waals surface area contributed by atoms with Crippen molar-refractivity contribution in [2.45, 2.75) is 22.9 Å². The standard InChI is InChI=1S/C33H32N6O5S2/c1-38(2)32-36-35-30(46-32)33(31(42)44-26(22-15-9-5-10-16-22)23-17-11-6-12-18-23)19-39-28(41)25(29(39)45-20-33)34-27(40)24(37-43-3)21-13-7-4-8-14-21/h4-18,25-26,29H,19-20H2,1-3H3,(H,34,40)/t25?,29-,33?/m1/s1. The molecule has 236 valence electrons. The fourth-order valence-corrected chi connectivity index (χ4v) is 7.99. The van der Waals surface area contributed by atoms with Crippen LogP contribution in [-0.2, 0) is 29.4 Å². The lowest BCUT2D eigenvalue weighted by atomic mass is 9.87. The van der Waals surface area contributed by atoms with Crippen molar-refractivity contribution in [3.05, 3.63) is 113 Å². The number of hydrogen-bond acceptors (Lipinski definition) is 11. The first-order valence-corrected chi connectivity index (χ1v) is 16.4. The molecule has 3 atom stereocenters. The topological polar surface area (TPSA) is 126 Å². The normalized spacial score (nSPS) is 20.8. The fraction of sp³-hybridized carbons (Fsp3) is 0.273. The molecule has 2 aliphatic heterocycles. The second-order valence-corrected chi connectivity index (χ2v) is 13.1. The molecule has 4 aromatic rings. The van der Waals surface area contributed by atoms with Gasteiger partial charge in [0.25, 0.3) is 5.91 Å². The van der Waals surface area contributed by atoms with Crippen LogP contribution in [0.3, 0.4) is 0 Å². The fourth-order valence-electron chi connectivity index (χ4n) is 5.43. The number of amides is 2. The van der Waals surface area contributed by atoms with Crippen molar-refractivity contribution in [2.24, 2.45) is 5.16 Å². The summed E-state index contributed by atoms with van der Waals surface area (Å²) in [6, 6.07) is 27.2. The molecule has 2 unspecified atom stereocenters. The summed E-state index contributed by atoms with van der Waals surface area (Å²) in [5.74, 6) is -1.08. The largest absolute Gasteiger partial charge is 0.452 e. The molecule has 11 nitrogen and oxygen atoms in total. The van der Waals surface area contributed by atoms with Gasteiger partial charge in [0.1, 0.15) is 28.9 Å². The molecule has 2 fully saturated rings. The van der Waals surface area contributed by atoms with E-state index in [1.807, 2.05) is 85.7 Å². The number of oxime groups is 1. The number of carbonyl (C=O) groups is 3. The number of nitrogens with zero attached hydrogens (tertiary/aromatic N) is 5. The second-order valence-electron chi connectivity index (χ2n) is 11.1. The Kier molecular flexibility index (Phi) is 9.04. The van der Waals surface area contributed by atoms with Crippen LogP contribution in [0.4, 0.5) is 5.13 Å².